The first-order chi connectivity index (χ1) is 14.3. The van der Waals surface area contributed by atoms with Gasteiger partial charge in [0, 0.05) is 29.7 Å². The molecular weight excluding hydrogens is 378 g/mol. The number of aromatic nitrogens is 6. The lowest BCUT2D eigenvalue weighted by molar-refractivity contribution is 0.102. The van der Waals surface area contributed by atoms with Crippen LogP contribution in [0.5, 0.6) is 0 Å². The van der Waals surface area contributed by atoms with Crippen molar-refractivity contribution >= 4 is 11.6 Å². The maximum Gasteiger partial charge on any atom is 0.273 e. The number of aromatic amines is 1. The van der Waals surface area contributed by atoms with Gasteiger partial charge in [0.05, 0.1) is 23.6 Å². The van der Waals surface area contributed by atoms with Crippen LogP contribution in [-0.2, 0) is 13.6 Å². The number of carbonyl (C=O) groups is 1. The first-order valence-electron chi connectivity index (χ1n) is 9.79. The van der Waals surface area contributed by atoms with Crippen LogP contribution in [0, 0.1) is 27.7 Å². The number of carbonyl (C=O) groups excluding carboxylic acids is 1. The van der Waals surface area contributed by atoms with Crippen molar-refractivity contribution in [3.05, 3.63) is 70.4 Å². The molecule has 0 saturated heterocycles. The van der Waals surface area contributed by atoms with E-state index in [2.05, 4.69) is 25.7 Å². The van der Waals surface area contributed by atoms with Crippen molar-refractivity contribution in [3.8, 4) is 11.3 Å². The van der Waals surface area contributed by atoms with Gasteiger partial charge in [0.2, 0.25) is 0 Å². The number of anilines is 1. The zero-order chi connectivity index (χ0) is 21.4. The molecule has 30 heavy (non-hydrogen) atoms. The summed E-state index contributed by atoms with van der Waals surface area (Å²) in [7, 11) is 1.89. The molecule has 3 aromatic heterocycles. The van der Waals surface area contributed by atoms with E-state index in [1.165, 1.54) is 0 Å². The van der Waals surface area contributed by atoms with Crippen LogP contribution in [0.25, 0.3) is 11.3 Å². The predicted molar refractivity (Wildman–Crippen MR) is 115 cm³/mol. The molecule has 4 rings (SSSR count). The van der Waals surface area contributed by atoms with Crippen LogP contribution in [-0.4, -0.2) is 35.7 Å². The fourth-order valence-corrected chi connectivity index (χ4v) is 3.66. The van der Waals surface area contributed by atoms with E-state index in [1.807, 2.05) is 74.4 Å². The van der Waals surface area contributed by atoms with Crippen LogP contribution in [0.15, 0.2) is 36.4 Å². The molecule has 0 spiro atoms. The minimum atomic E-state index is -0.240. The van der Waals surface area contributed by atoms with Gasteiger partial charge in [-0.3, -0.25) is 19.3 Å². The van der Waals surface area contributed by atoms with Gasteiger partial charge < -0.3 is 5.32 Å². The van der Waals surface area contributed by atoms with Crippen molar-refractivity contribution in [1.29, 1.82) is 0 Å². The van der Waals surface area contributed by atoms with Crippen molar-refractivity contribution < 1.29 is 4.79 Å². The third-order valence-electron chi connectivity index (χ3n) is 5.21. The summed E-state index contributed by atoms with van der Waals surface area (Å²) in [4.78, 5) is 12.7. The molecular formula is C22H25N7O. The number of amides is 1. The molecule has 0 bridgehead atoms. The molecule has 0 aliphatic heterocycles. The molecule has 0 fully saturated rings. The summed E-state index contributed by atoms with van der Waals surface area (Å²) in [5, 5.41) is 19.0. The van der Waals surface area contributed by atoms with Gasteiger partial charge in [-0.25, -0.2) is 0 Å². The van der Waals surface area contributed by atoms with Gasteiger partial charge in [0.25, 0.3) is 5.91 Å². The standard InChI is InChI=1S/C22H25N7O/c1-13-9-14(2)29(26-13)12-17-7-6-8-18(10-17)23-22(30)20-11-19(24-25-20)21-15(3)27-28(5)16(21)4/h6-11H,12H2,1-5H3,(H,23,30)(H,24,25). The Kier molecular flexibility index (Phi) is 4.99. The Morgan fingerprint density at radius 2 is 1.90 bits per heavy atom. The summed E-state index contributed by atoms with van der Waals surface area (Å²) in [6, 6.07) is 11.6. The Bertz CT molecular complexity index is 1230. The maximum absolute atomic E-state index is 12.7. The summed E-state index contributed by atoms with van der Waals surface area (Å²) < 4.78 is 3.77. The van der Waals surface area contributed by atoms with E-state index < -0.39 is 0 Å². The first-order valence-corrected chi connectivity index (χ1v) is 9.79. The van der Waals surface area contributed by atoms with E-state index in [0.29, 0.717) is 17.9 Å². The Labute approximate surface area is 174 Å². The number of aryl methyl sites for hydroxylation is 4. The molecule has 0 aliphatic carbocycles. The molecule has 1 aromatic carbocycles. The van der Waals surface area contributed by atoms with E-state index in [-0.39, 0.29) is 5.91 Å². The molecule has 0 unspecified atom stereocenters. The van der Waals surface area contributed by atoms with E-state index in [0.717, 1.165) is 39.6 Å². The second kappa shape index (κ2) is 7.62. The number of hydrogen-bond donors (Lipinski definition) is 2. The summed E-state index contributed by atoms with van der Waals surface area (Å²) >= 11 is 0. The SMILES string of the molecule is Cc1cc(C)n(Cc2cccc(NC(=O)c3cc(-c4c(C)nn(C)c4C)n[nH]3)c2)n1. The van der Waals surface area contributed by atoms with Crippen molar-refractivity contribution in [1.82, 2.24) is 29.8 Å². The van der Waals surface area contributed by atoms with Gasteiger partial charge in [0.15, 0.2) is 0 Å². The topological polar surface area (TPSA) is 93.4 Å². The average Bonchev–Trinajstić information content (AvgIpc) is 3.35. The zero-order valence-electron chi connectivity index (χ0n) is 17.8. The maximum atomic E-state index is 12.7. The van der Waals surface area contributed by atoms with Crippen molar-refractivity contribution in [2.24, 2.45) is 7.05 Å². The van der Waals surface area contributed by atoms with Crippen molar-refractivity contribution in [2.75, 3.05) is 5.32 Å². The van der Waals surface area contributed by atoms with Crippen molar-refractivity contribution in [2.45, 2.75) is 34.2 Å². The second-order valence-corrected chi connectivity index (χ2v) is 7.58. The fraction of sp³-hybridized carbons (Fsp3) is 0.273. The second-order valence-electron chi connectivity index (χ2n) is 7.58. The van der Waals surface area contributed by atoms with Crippen LogP contribution < -0.4 is 5.32 Å². The van der Waals surface area contributed by atoms with Crippen LogP contribution >= 0.6 is 0 Å². The average molecular weight is 403 g/mol. The Balaban J connectivity index is 1.51. The van der Waals surface area contributed by atoms with Gasteiger partial charge in [0.1, 0.15) is 5.69 Å². The lowest BCUT2D eigenvalue weighted by Crippen LogP contribution is -2.13. The van der Waals surface area contributed by atoms with E-state index in [1.54, 1.807) is 6.07 Å². The minimum absolute atomic E-state index is 0.240. The van der Waals surface area contributed by atoms with Crippen LogP contribution in [0.1, 0.15) is 38.8 Å². The molecule has 8 nitrogen and oxygen atoms in total. The number of nitrogens with one attached hydrogen (secondary N) is 2. The summed E-state index contributed by atoms with van der Waals surface area (Å²) in [5.74, 6) is -0.240. The third-order valence-corrected chi connectivity index (χ3v) is 5.21. The van der Waals surface area contributed by atoms with Gasteiger partial charge >= 0.3 is 0 Å². The molecule has 8 heteroatoms. The highest BCUT2D eigenvalue weighted by Crippen LogP contribution is 2.25. The molecule has 2 N–H and O–H groups in total. The Morgan fingerprint density at radius 3 is 2.57 bits per heavy atom. The Hall–Kier alpha value is -3.68. The summed E-state index contributed by atoms with van der Waals surface area (Å²) in [6.07, 6.45) is 0. The lowest BCUT2D eigenvalue weighted by atomic mass is 10.1. The zero-order valence-corrected chi connectivity index (χ0v) is 17.8. The molecule has 0 atom stereocenters. The van der Waals surface area contributed by atoms with Crippen LogP contribution in [0.2, 0.25) is 0 Å². The molecule has 4 aromatic rings. The summed E-state index contributed by atoms with van der Waals surface area (Å²) in [6.45, 7) is 8.58. The lowest BCUT2D eigenvalue weighted by Gasteiger charge is -2.08. The molecule has 3 heterocycles. The van der Waals surface area contributed by atoms with Crippen molar-refractivity contribution in [3.63, 3.8) is 0 Å². The highest BCUT2D eigenvalue weighted by atomic mass is 16.1. The van der Waals surface area contributed by atoms with Crippen LogP contribution in [0.4, 0.5) is 5.69 Å². The van der Waals surface area contributed by atoms with Gasteiger partial charge in [-0.2, -0.15) is 15.3 Å². The number of benzene rings is 1. The smallest absolute Gasteiger partial charge is 0.273 e. The van der Waals surface area contributed by atoms with Gasteiger partial charge in [-0.05, 0) is 57.5 Å². The minimum Gasteiger partial charge on any atom is -0.321 e. The summed E-state index contributed by atoms with van der Waals surface area (Å²) in [5.41, 5.74) is 7.82. The quantitative estimate of drug-likeness (QED) is 0.533. The van der Waals surface area contributed by atoms with E-state index in [4.69, 9.17) is 0 Å². The van der Waals surface area contributed by atoms with E-state index >= 15 is 0 Å². The monoisotopic (exact) mass is 403 g/mol. The largest absolute Gasteiger partial charge is 0.321 e. The highest BCUT2D eigenvalue weighted by Gasteiger charge is 2.17. The number of rotatable bonds is 5. The molecule has 0 saturated carbocycles. The first kappa shape index (κ1) is 19.6. The predicted octanol–water partition coefficient (Wildman–Crippen LogP) is 3.54. The number of hydrogen-bond acceptors (Lipinski definition) is 4. The number of nitrogens with zero attached hydrogens (tertiary/aromatic N) is 5. The van der Waals surface area contributed by atoms with E-state index in [9.17, 15) is 4.79 Å². The molecule has 0 radical (unpaired) electrons. The third kappa shape index (κ3) is 3.76. The molecule has 154 valence electrons. The fourth-order valence-electron chi connectivity index (χ4n) is 3.66. The number of H-pyrrole nitrogens is 1. The molecule has 0 aliphatic rings. The molecule has 1 amide bonds. The van der Waals surface area contributed by atoms with Gasteiger partial charge in [-0.15, -0.1) is 0 Å². The van der Waals surface area contributed by atoms with Gasteiger partial charge in [-0.1, -0.05) is 12.1 Å². The highest BCUT2D eigenvalue weighted by molar-refractivity contribution is 6.03. The van der Waals surface area contributed by atoms with Crippen LogP contribution in [0.3, 0.4) is 0 Å². The Morgan fingerprint density at radius 1 is 1.10 bits per heavy atom. The normalized spacial score (nSPS) is 11.1.